The number of hydrogen-bond acceptors (Lipinski definition) is 5. The zero-order chi connectivity index (χ0) is 30.1. The fraction of sp³-hybridized carbons (Fsp3) is 0.421. The smallest absolute Gasteiger partial charge is 0.164 e. The molecule has 2 aliphatic heterocycles. The number of aromatic nitrogens is 1. The third-order valence-electron chi connectivity index (χ3n) is 9.72. The van der Waals surface area contributed by atoms with E-state index < -0.39 is 0 Å². The Hall–Kier alpha value is -3.92. The predicted molar refractivity (Wildman–Crippen MR) is 179 cm³/mol. The standard InChI is InChI=1S/C38H45N5O/c39-27-32-13-15-36-35(26-32)33(28-40-36)10-6-7-19-41-22-24-43(25-23-41)37-12-5-4-11-34(37)38(44)16-14-30-17-20-42(21-18-30)29-31-8-2-1-3-9-31/h1-5,8-9,11-13,15,26,28,30,40H,6-7,10,14,16-25,29H2. The van der Waals surface area contributed by atoms with Crippen molar-refractivity contribution in [3.8, 4) is 6.07 Å². The lowest BCUT2D eigenvalue weighted by molar-refractivity contribution is 0.0961. The fourth-order valence-electron chi connectivity index (χ4n) is 7.05. The molecule has 0 amide bonds. The number of benzene rings is 3. The van der Waals surface area contributed by atoms with Crippen molar-refractivity contribution in [3.05, 3.63) is 101 Å². The van der Waals surface area contributed by atoms with Gasteiger partial charge in [-0.15, -0.1) is 0 Å². The second kappa shape index (κ2) is 14.7. The van der Waals surface area contributed by atoms with Crippen LogP contribution in [0.3, 0.4) is 0 Å². The van der Waals surface area contributed by atoms with Crippen molar-refractivity contribution in [1.29, 1.82) is 5.26 Å². The van der Waals surface area contributed by atoms with Gasteiger partial charge in [-0.05, 0) is 106 Å². The third-order valence-corrected chi connectivity index (χ3v) is 9.72. The first-order chi connectivity index (χ1) is 21.7. The molecule has 0 radical (unpaired) electrons. The van der Waals surface area contributed by atoms with E-state index in [9.17, 15) is 10.1 Å². The van der Waals surface area contributed by atoms with Crippen LogP contribution in [0.2, 0.25) is 0 Å². The first-order valence-electron chi connectivity index (χ1n) is 16.5. The molecular formula is C38H45N5O. The SMILES string of the molecule is N#Cc1ccc2[nH]cc(CCCCN3CCN(c4ccccc4C(=O)CCC4CCN(Cc5ccccc5)CC4)CC3)c2c1. The summed E-state index contributed by atoms with van der Waals surface area (Å²) in [4.78, 5) is 24.3. The molecule has 44 heavy (non-hydrogen) atoms. The average Bonchev–Trinajstić information content (AvgIpc) is 3.49. The lowest BCUT2D eigenvalue weighted by Gasteiger charge is -2.37. The topological polar surface area (TPSA) is 66.4 Å². The number of piperidine rings is 1. The quantitative estimate of drug-likeness (QED) is 0.142. The lowest BCUT2D eigenvalue weighted by Crippen LogP contribution is -2.47. The van der Waals surface area contributed by atoms with E-state index in [1.54, 1.807) is 0 Å². The maximum Gasteiger partial charge on any atom is 0.164 e. The summed E-state index contributed by atoms with van der Waals surface area (Å²) in [5.41, 5.74) is 6.53. The minimum Gasteiger partial charge on any atom is -0.368 e. The Morgan fingerprint density at radius 2 is 1.64 bits per heavy atom. The van der Waals surface area contributed by atoms with E-state index in [-0.39, 0.29) is 0 Å². The van der Waals surface area contributed by atoms with Crippen LogP contribution in [0.1, 0.15) is 65.6 Å². The largest absolute Gasteiger partial charge is 0.368 e. The van der Waals surface area contributed by atoms with Gasteiger partial charge < -0.3 is 9.88 Å². The van der Waals surface area contributed by atoms with Crippen molar-refractivity contribution in [3.63, 3.8) is 0 Å². The number of nitriles is 1. The second-order valence-electron chi connectivity index (χ2n) is 12.7. The minimum atomic E-state index is 0.300. The number of rotatable bonds is 12. The number of carbonyl (C=O) groups excluding carboxylic acids is 1. The Morgan fingerprint density at radius 3 is 2.43 bits per heavy atom. The van der Waals surface area contributed by atoms with Crippen LogP contribution < -0.4 is 4.90 Å². The number of ketones is 1. The number of para-hydroxylation sites is 1. The van der Waals surface area contributed by atoms with E-state index in [0.717, 1.165) is 100 Å². The van der Waals surface area contributed by atoms with Crippen LogP contribution in [0.5, 0.6) is 0 Å². The number of piperazine rings is 1. The highest BCUT2D eigenvalue weighted by Gasteiger charge is 2.23. The number of aryl methyl sites for hydroxylation is 1. The molecule has 2 saturated heterocycles. The second-order valence-corrected chi connectivity index (χ2v) is 12.7. The van der Waals surface area contributed by atoms with Crippen LogP contribution in [-0.2, 0) is 13.0 Å². The molecule has 6 heteroatoms. The van der Waals surface area contributed by atoms with Crippen molar-refractivity contribution >= 4 is 22.4 Å². The summed E-state index contributed by atoms with van der Waals surface area (Å²) in [6.07, 6.45) is 9.43. The molecule has 6 rings (SSSR count). The summed E-state index contributed by atoms with van der Waals surface area (Å²) in [6, 6.07) is 27.1. The van der Waals surface area contributed by atoms with Crippen LogP contribution >= 0.6 is 0 Å². The zero-order valence-electron chi connectivity index (χ0n) is 25.9. The van der Waals surface area contributed by atoms with Crippen molar-refractivity contribution in [1.82, 2.24) is 14.8 Å². The summed E-state index contributed by atoms with van der Waals surface area (Å²) in [5, 5.41) is 10.4. The van der Waals surface area contributed by atoms with Crippen molar-refractivity contribution < 1.29 is 4.79 Å². The van der Waals surface area contributed by atoms with Crippen LogP contribution in [-0.4, -0.2) is 66.4 Å². The Bertz CT molecular complexity index is 1560. The Morgan fingerprint density at radius 1 is 0.864 bits per heavy atom. The van der Waals surface area contributed by atoms with Crippen LogP contribution in [0, 0.1) is 17.2 Å². The Kier molecular flexibility index (Phi) is 10.1. The molecule has 0 spiro atoms. The number of anilines is 1. The van der Waals surface area contributed by atoms with Gasteiger partial charge in [0.15, 0.2) is 5.78 Å². The van der Waals surface area contributed by atoms with E-state index in [1.165, 1.54) is 29.4 Å². The van der Waals surface area contributed by atoms with Gasteiger partial charge in [0.05, 0.1) is 11.6 Å². The monoisotopic (exact) mass is 587 g/mol. The van der Waals surface area contributed by atoms with Crippen LogP contribution in [0.25, 0.3) is 10.9 Å². The molecule has 0 atom stereocenters. The number of nitrogens with one attached hydrogen (secondary N) is 1. The summed E-state index contributed by atoms with van der Waals surface area (Å²) < 4.78 is 0. The molecule has 0 aliphatic carbocycles. The summed E-state index contributed by atoms with van der Waals surface area (Å²) in [6.45, 7) is 8.37. The van der Waals surface area contributed by atoms with Gasteiger partial charge in [0.1, 0.15) is 0 Å². The number of Topliss-reactive ketones (excluding diaryl/α,β-unsaturated/α-hetero) is 1. The van der Waals surface area contributed by atoms with Crippen molar-refractivity contribution in [2.24, 2.45) is 5.92 Å². The molecule has 228 valence electrons. The molecule has 3 heterocycles. The van der Waals surface area contributed by atoms with Gasteiger partial charge in [0, 0.05) is 67.5 Å². The van der Waals surface area contributed by atoms with Gasteiger partial charge >= 0.3 is 0 Å². The third kappa shape index (κ3) is 7.59. The number of hydrogen-bond donors (Lipinski definition) is 1. The number of likely N-dealkylation sites (tertiary alicyclic amines) is 1. The number of unbranched alkanes of at least 4 members (excludes halogenated alkanes) is 1. The van der Waals surface area contributed by atoms with E-state index in [0.29, 0.717) is 18.1 Å². The number of H-pyrrole nitrogens is 1. The summed E-state index contributed by atoms with van der Waals surface area (Å²) >= 11 is 0. The molecule has 6 nitrogen and oxygen atoms in total. The van der Waals surface area contributed by atoms with Gasteiger partial charge in [-0.3, -0.25) is 14.6 Å². The predicted octanol–water partition coefficient (Wildman–Crippen LogP) is 7.06. The summed E-state index contributed by atoms with van der Waals surface area (Å²) in [7, 11) is 0. The average molecular weight is 588 g/mol. The van der Waals surface area contributed by atoms with Crippen LogP contribution in [0.4, 0.5) is 5.69 Å². The lowest BCUT2D eigenvalue weighted by atomic mass is 9.90. The highest BCUT2D eigenvalue weighted by molar-refractivity contribution is 6.01. The number of nitrogens with zero attached hydrogens (tertiary/aromatic N) is 4. The normalized spacial score (nSPS) is 16.8. The number of carbonyl (C=O) groups is 1. The molecule has 4 aromatic rings. The maximum atomic E-state index is 13.4. The first-order valence-corrected chi connectivity index (χ1v) is 16.5. The fourth-order valence-corrected chi connectivity index (χ4v) is 7.05. The van der Waals surface area contributed by atoms with E-state index in [4.69, 9.17) is 0 Å². The highest BCUT2D eigenvalue weighted by atomic mass is 16.1. The molecule has 0 bridgehead atoms. The number of fused-ring (bicyclic) bond motifs is 1. The van der Waals surface area contributed by atoms with Gasteiger partial charge in [-0.2, -0.15) is 5.26 Å². The Balaban J connectivity index is 0.925. The molecule has 2 fully saturated rings. The molecule has 2 aliphatic rings. The van der Waals surface area contributed by atoms with Gasteiger partial charge in [-0.25, -0.2) is 0 Å². The highest BCUT2D eigenvalue weighted by Crippen LogP contribution is 2.28. The van der Waals surface area contributed by atoms with Crippen LogP contribution in [0.15, 0.2) is 79.0 Å². The summed E-state index contributed by atoms with van der Waals surface area (Å²) in [5.74, 6) is 0.946. The van der Waals surface area contributed by atoms with Gasteiger partial charge in [0.25, 0.3) is 0 Å². The molecule has 0 unspecified atom stereocenters. The molecular weight excluding hydrogens is 542 g/mol. The zero-order valence-corrected chi connectivity index (χ0v) is 25.9. The van der Waals surface area contributed by atoms with Crippen molar-refractivity contribution in [2.75, 3.05) is 50.7 Å². The van der Waals surface area contributed by atoms with Gasteiger partial charge in [-0.1, -0.05) is 42.5 Å². The van der Waals surface area contributed by atoms with Crippen molar-refractivity contribution in [2.45, 2.75) is 51.5 Å². The number of aromatic amines is 1. The van der Waals surface area contributed by atoms with Gasteiger partial charge in [0.2, 0.25) is 0 Å². The first kappa shape index (κ1) is 30.1. The molecule has 0 saturated carbocycles. The van der Waals surface area contributed by atoms with E-state index in [1.807, 2.05) is 30.3 Å². The minimum absolute atomic E-state index is 0.300. The van der Waals surface area contributed by atoms with E-state index in [2.05, 4.69) is 74.4 Å². The Labute approximate surface area is 262 Å². The van der Waals surface area contributed by atoms with E-state index >= 15 is 0 Å². The molecule has 1 aromatic heterocycles. The molecule has 1 N–H and O–H groups in total. The maximum absolute atomic E-state index is 13.4. The molecule has 3 aromatic carbocycles.